The molecule has 0 saturated heterocycles. The van der Waals surface area contributed by atoms with Gasteiger partial charge in [0.15, 0.2) is 0 Å². The molecule has 0 radical (unpaired) electrons. The number of pyridine rings is 2. The zero-order valence-electron chi connectivity index (χ0n) is 32.7. The normalized spacial score (nSPS) is 16.3. The fourth-order valence-electron chi connectivity index (χ4n) is 7.30. The van der Waals surface area contributed by atoms with Crippen molar-refractivity contribution in [3.05, 3.63) is 86.7 Å². The zero-order chi connectivity index (χ0) is 41.9. The Morgan fingerprint density at radius 3 is 2.45 bits per heavy atom. The van der Waals surface area contributed by atoms with E-state index in [1.54, 1.807) is 73.9 Å². The molecule has 17 heteroatoms. The molecule has 17 nitrogen and oxygen atoms in total. The van der Waals surface area contributed by atoms with Crippen LogP contribution in [0.4, 0.5) is 15.3 Å². The third-order valence-electron chi connectivity index (χ3n) is 10.6. The molecule has 2 aliphatic rings. The molecule has 0 aliphatic carbocycles. The number of esters is 1. The maximum absolute atomic E-state index is 14.0. The highest BCUT2D eigenvalue weighted by Crippen LogP contribution is 2.42. The first-order valence-corrected chi connectivity index (χ1v) is 19.1. The molecule has 0 fully saturated rings. The molecule has 6 rings (SSSR count). The Hall–Kier alpha value is -6.49. The summed E-state index contributed by atoms with van der Waals surface area (Å²) in [4.78, 5) is 82.6. The Morgan fingerprint density at radius 1 is 1.03 bits per heavy atom. The Morgan fingerprint density at radius 2 is 1.78 bits per heavy atom. The molecule has 2 aromatic heterocycles. The number of nitrogens with one attached hydrogen (secondary N) is 3. The lowest BCUT2D eigenvalue weighted by atomic mass is 9.85. The smallest absolute Gasteiger partial charge is 0.508 e. The summed E-state index contributed by atoms with van der Waals surface area (Å²) >= 11 is 0. The van der Waals surface area contributed by atoms with E-state index in [1.807, 2.05) is 6.92 Å². The molecule has 4 heterocycles. The fourth-order valence-corrected chi connectivity index (χ4v) is 7.30. The van der Waals surface area contributed by atoms with Crippen LogP contribution in [0.5, 0.6) is 5.75 Å². The Balaban J connectivity index is 1.16. The lowest BCUT2D eigenvalue weighted by molar-refractivity contribution is -0.175. The Bertz CT molecular complexity index is 2340. The number of phenols is 1. The number of benzene rings is 2. The van der Waals surface area contributed by atoms with Gasteiger partial charge in [0.2, 0.25) is 17.4 Å². The van der Waals surface area contributed by atoms with Gasteiger partial charge >= 0.3 is 18.2 Å². The van der Waals surface area contributed by atoms with E-state index >= 15 is 0 Å². The van der Waals surface area contributed by atoms with Crippen LogP contribution in [0.15, 0.2) is 53.3 Å². The summed E-state index contributed by atoms with van der Waals surface area (Å²) in [5, 5.41) is 18.8. The minimum atomic E-state index is -1.98. The Kier molecular flexibility index (Phi) is 12.0. The van der Waals surface area contributed by atoms with Gasteiger partial charge in [-0.1, -0.05) is 39.8 Å². The number of ether oxygens (including phenoxy) is 3. The van der Waals surface area contributed by atoms with Crippen molar-refractivity contribution >= 4 is 46.6 Å². The van der Waals surface area contributed by atoms with Crippen molar-refractivity contribution in [2.75, 3.05) is 11.9 Å². The minimum Gasteiger partial charge on any atom is -0.508 e. The predicted octanol–water partition coefficient (Wildman–Crippen LogP) is 3.56. The topological polar surface area (TPSA) is 256 Å². The van der Waals surface area contributed by atoms with Crippen LogP contribution < -0.4 is 33.0 Å². The van der Waals surface area contributed by atoms with Crippen molar-refractivity contribution in [2.45, 2.75) is 90.8 Å². The molecular formula is C41H47N7O10. The van der Waals surface area contributed by atoms with Crippen molar-refractivity contribution in [3.8, 4) is 17.1 Å². The number of carbonyl (C=O) groups is 5. The van der Waals surface area contributed by atoms with E-state index < -0.39 is 53.2 Å². The van der Waals surface area contributed by atoms with Gasteiger partial charge < -0.3 is 51.3 Å². The summed E-state index contributed by atoms with van der Waals surface area (Å²) in [7, 11) is 0. The van der Waals surface area contributed by atoms with Crippen molar-refractivity contribution in [3.63, 3.8) is 0 Å². The minimum absolute atomic E-state index is 0.0603. The number of phenolic OH excluding ortho intramolecular Hbond substituents is 1. The number of nitrogens with zero attached hydrogens (tertiary/aromatic N) is 2. The monoisotopic (exact) mass is 797 g/mol. The summed E-state index contributed by atoms with van der Waals surface area (Å²) in [6.07, 6.45) is -0.0748. The van der Waals surface area contributed by atoms with Gasteiger partial charge in [0, 0.05) is 28.7 Å². The number of aromatic hydroxyl groups is 1. The summed E-state index contributed by atoms with van der Waals surface area (Å²) in [6.45, 7) is 7.06. The summed E-state index contributed by atoms with van der Waals surface area (Å²) in [5.41, 5.74) is 13.4. The average Bonchev–Trinajstić information content (AvgIpc) is 3.56. The fraction of sp³-hybridized carbons (Fsp3) is 0.390. The number of urea groups is 1. The maximum Gasteiger partial charge on any atom is 0.510 e. The third kappa shape index (κ3) is 8.16. The number of hydrogen-bond acceptors (Lipinski definition) is 12. The third-order valence-corrected chi connectivity index (χ3v) is 10.6. The highest BCUT2D eigenvalue weighted by Gasteiger charge is 2.51. The molecule has 3 unspecified atom stereocenters. The van der Waals surface area contributed by atoms with Crippen molar-refractivity contribution in [2.24, 2.45) is 17.4 Å². The van der Waals surface area contributed by atoms with Gasteiger partial charge in [0.05, 0.1) is 35.1 Å². The van der Waals surface area contributed by atoms with E-state index in [0.29, 0.717) is 41.0 Å². The SMILES string of the molecule is CCc1c2c(nc3ccc(O)cc13)-c1cc3c(c(=O)n1C2)COC(=O)C3(CC)OC(=O)OCc1ccc(NC(=O)C(CCCNC(N)=O)NC(=O)C(N)C(C)C)cc1. The first kappa shape index (κ1) is 41.2. The van der Waals surface area contributed by atoms with Crippen LogP contribution in [0.3, 0.4) is 0 Å². The molecule has 0 saturated carbocycles. The van der Waals surface area contributed by atoms with Crippen LogP contribution in [-0.2, 0) is 60.4 Å². The van der Waals surface area contributed by atoms with E-state index in [1.165, 1.54) is 0 Å². The molecule has 8 N–H and O–H groups in total. The summed E-state index contributed by atoms with van der Waals surface area (Å²) < 4.78 is 18.2. The number of aromatic nitrogens is 2. The molecule has 306 valence electrons. The maximum atomic E-state index is 14.0. The highest BCUT2D eigenvalue weighted by atomic mass is 16.7. The average molecular weight is 798 g/mol. The van der Waals surface area contributed by atoms with Gasteiger partial charge in [-0.15, -0.1) is 0 Å². The second kappa shape index (κ2) is 16.9. The van der Waals surface area contributed by atoms with Crippen LogP contribution >= 0.6 is 0 Å². The zero-order valence-corrected chi connectivity index (χ0v) is 32.7. The first-order chi connectivity index (χ1) is 27.7. The van der Waals surface area contributed by atoms with E-state index in [-0.39, 0.29) is 61.9 Å². The molecule has 2 aliphatic heterocycles. The Labute approximate surface area is 333 Å². The number of amides is 4. The van der Waals surface area contributed by atoms with Crippen LogP contribution in [0.1, 0.15) is 74.8 Å². The van der Waals surface area contributed by atoms with E-state index in [2.05, 4.69) is 16.0 Å². The number of fused-ring (bicyclic) bond motifs is 5. The highest BCUT2D eigenvalue weighted by molar-refractivity contribution is 5.98. The van der Waals surface area contributed by atoms with Crippen molar-refractivity contribution in [1.82, 2.24) is 20.2 Å². The molecule has 4 aromatic rings. The van der Waals surface area contributed by atoms with Crippen LogP contribution in [0, 0.1) is 5.92 Å². The number of nitrogens with two attached hydrogens (primary N) is 2. The second-order valence-electron chi connectivity index (χ2n) is 14.6. The predicted molar refractivity (Wildman–Crippen MR) is 211 cm³/mol. The van der Waals surface area contributed by atoms with E-state index in [9.17, 15) is 33.9 Å². The van der Waals surface area contributed by atoms with E-state index in [4.69, 9.17) is 30.7 Å². The number of primary amides is 1. The number of carbonyl (C=O) groups excluding carboxylic acids is 5. The standard InChI is InChI=1S/C41H47N7O10/c1-5-25-26-16-24(49)13-14-30(26)46-34-27(25)18-48-32(34)17-29-28(37(48)52)20-56-38(53)41(29,6-2)58-40(55)57-19-22-9-11-23(12-10-22)45-35(50)31(8-7-15-44-39(43)54)47-36(51)33(42)21(3)4/h9-14,16-17,21,31,33,49H,5-8,15,18-20,42H2,1-4H3,(H,45,50)(H,47,51)(H3,43,44,54). The molecule has 0 bridgehead atoms. The van der Waals surface area contributed by atoms with Crippen LogP contribution in [0.2, 0.25) is 0 Å². The molecular weight excluding hydrogens is 750 g/mol. The van der Waals surface area contributed by atoms with Crippen molar-refractivity contribution in [1.29, 1.82) is 0 Å². The number of rotatable bonds is 14. The van der Waals surface area contributed by atoms with Gasteiger partial charge in [0.25, 0.3) is 5.56 Å². The molecule has 0 spiro atoms. The summed E-state index contributed by atoms with van der Waals surface area (Å²) in [6, 6.07) is 10.4. The van der Waals surface area contributed by atoms with Crippen LogP contribution in [0.25, 0.3) is 22.3 Å². The van der Waals surface area contributed by atoms with Crippen LogP contribution in [-0.4, -0.2) is 63.3 Å². The summed E-state index contributed by atoms with van der Waals surface area (Å²) in [5.74, 6) is -1.91. The van der Waals surface area contributed by atoms with Gasteiger partial charge in [-0.05, 0) is 79.1 Å². The van der Waals surface area contributed by atoms with Gasteiger partial charge in [-0.2, -0.15) is 0 Å². The molecule has 4 amide bonds. The number of hydrogen-bond donors (Lipinski definition) is 6. The number of anilines is 1. The van der Waals surface area contributed by atoms with Gasteiger partial charge in [0.1, 0.15) is 25.0 Å². The molecule has 58 heavy (non-hydrogen) atoms. The largest absolute Gasteiger partial charge is 0.510 e. The van der Waals surface area contributed by atoms with Gasteiger partial charge in [-0.3, -0.25) is 14.4 Å². The number of cyclic esters (lactones) is 1. The van der Waals surface area contributed by atoms with Crippen molar-refractivity contribution < 1.29 is 43.3 Å². The quantitative estimate of drug-likeness (QED) is 0.0697. The molecule has 3 atom stereocenters. The van der Waals surface area contributed by atoms with Gasteiger partial charge in [-0.25, -0.2) is 19.4 Å². The first-order valence-electron chi connectivity index (χ1n) is 19.1. The lowest BCUT2D eigenvalue weighted by Gasteiger charge is -2.35. The van der Waals surface area contributed by atoms with E-state index in [0.717, 1.165) is 16.5 Å². The lowest BCUT2D eigenvalue weighted by Crippen LogP contribution is -2.51. The number of aryl methyl sites for hydroxylation is 1. The molecule has 2 aromatic carbocycles. The second-order valence-corrected chi connectivity index (χ2v) is 14.6.